The maximum absolute atomic E-state index is 12.2. The quantitative estimate of drug-likeness (QED) is 0.820. The first-order chi connectivity index (χ1) is 11.7. The summed E-state index contributed by atoms with van der Waals surface area (Å²) in [5, 5.41) is 4.19. The Balaban J connectivity index is 1.51. The monoisotopic (exact) mass is 327 g/mol. The van der Waals surface area contributed by atoms with E-state index >= 15 is 0 Å². The van der Waals surface area contributed by atoms with Gasteiger partial charge in [-0.05, 0) is 24.8 Å². The molecule has 126 valence electrons. The molecule has 3 atom stereocenters. The Morgan fingerprint density at radius 2 is 2.17 bits per heavy atom. The molecule has 2 aliphatic heterocycles. The van der Waals surface area contributed by atoms with Crippen molar-refractivity contribution in [1.82, 2.24) is 29.6 Å². The maximum Gasteiger partial charge on any atom is 0.225 e. The summed E-state index contributed by atoms with van der Waals surface area (Å²) >= 11 is 0. The maximum atomic E-state index is 12.2. The number of hydrogen-bond donors (Lipinski definition) is 0. The molecule has 2 saturated heterocycles. The van der Waals surface area contributed by atoms with E-state index in [2.05, 4.69) is 29.9 Å². The molecule has 0 bridgehead atoms. The van der Waals surface area contributed by atoms with Gasteiger partial charge in [0.1, 0.15) is 12.7 Å². The highest BCUT2D eigenvalue weighted by Gasteiger charge is 2.45. The van der Waals surface area contributed by atoms with Crippen LogP contribution in [-0.4, -0.2) is 60.7 Å². The van der Waals surface area contributed by atoms with Crippen LogP contribution in [-0.2, 0) is 11.3 Å². The van der Waals surface area contributed by atoms with Gasteiger partial charge in [-0.15, -0.1) is 0 Å². The molecule has 1 amide bonds. The van der Waals surface area contributed by atoms with E-state index in [-0.39, 0.29) is 11.9 Å². The van der Waals surface area contributed by atoms with Gasteiger partial charge in [-0.3, -0.25) is 9.48 Å². The number of anilines is 1. The molecule has 0 aliphatic carbocycles. The van der Waals surface area contributed by atoms with E-state index in [9.17, 15) is 4.79 Å². The first kappa shape index (κ1) is 15.0. The minimum Gasteiger partial charge on any atom is -0.340 e. The minimum atomic E-state index is 0.150. The molecular formula is C16H21N7O. The fraction of sp³-hybridized carbons (Fsp3) is 0.562. The van der Waals surface area contributed by atoms with Gasteiger partial charge in [0, 0.05) is 38.4 Å². The van der Waals surface area contributed by atoms with Crippen LogP contribution in [0.25, 0.3) is 0 Å². The average molecular weight is 327 g/mol. The number of nitrogens with zero attached hydrogens (tertiary/aromatic N) is 7. The van der Waals surface area contributed by atoms with Crippen LogP contribution in [0, 0.1) is 5.92 Å². The highest BCUT2D eigenvalue weighted by Crippen LogP contribution is 2.37. The van der Waals surface area contributed by atoms with Crippen LogP contribution in [0.1, 0.15) is 19.8 Å². The first-order valence-corrected chi connectivity index (χ1v) is 8.35. The second-order valence-corrected chi connectivity index (χ2v) is 6.54. The molecule has 0 unspecified atom stereocenters. The Hall–Kier alpha value is -2.51. The van der Waals surface area contributed by atoms with Crippen LogP contribution < -0.4 is 4.90 Å². The number of fused-ring (bicyclic) bond motifs is 1. The van der Waals surface area contributed by atoms with E-state index < -0.39 is 0 Å². The third-order valence-corrected chi connectivity index (χ3v) is 5.08. The van der Waals surface area contributed by atoms with Gasteiger partial charge in [-0.2, -0.15) is 5.10 Å². The zero-order valence-corrected chi connectivity index (χ0v) is 13.7. The van der Waals surface area contributed by atoms with Gasteiger partial charge < -0.3 is 9.80 Å². The molecule has 2 aromatic heterocycles. The Labute approximate surface area is 140 Å². The molecule has 24 heavy (non-hydrogen) atoms. The molecular weight excluding hydrogens is 306 g/mol. The normalized spacial score (nSPS) is 26.5. The number of amides is 1. The summed E-state index contributed by atoms with van der Waals surface area (Å²) in [6.07, 6.45) is 8.74. The predicted octanol–water partition coefficient (Wildman–Crippen LogP) is 0.584. The summed E-state index contributed by atoms with van der Waals surface area (Å²) in [5.41, 5.74) is 0. The van der Waals surface area contributed by atoms with Crippen molar-refractivity contribution in [3.05, 3.63) is 31.1 Å². The Morgan fingerprint density at radius 1 is 1.33 bits per heavy atom. The lowest BCUT2D eigenvalue weighted by Gasteiger charge is -2.38. The standard InChI is InChI=1S/C16H21N7O/c1-12(24)23-14(9-22-11-17-10-20-22)7-13-8-21(6-3-15(13)23)16-18-4-2-5-19-16/h2,4-5,10-11,13-15H,3,6-9H2,1H3/t13-,14+,15+/m0/s1. The molecule has 0 radical (unpaired) electrons. The fourth-order valence-electron chi connectivity index (χ4n) is 4.18. The van der Waals surface area contributed by atoms with Crippen LogP contribution in [0.3, 0.4) is 0 Å². The number of carbonyl (C=O) groups is 1. The first-order valence-electron chi connectivity index (χ1n) is 8.35. The van der Waals surface area contributed by atoms with Crippen molar-refractivity contribution in [2.75, 3.05) is 18.0 Å². The molecule has 8 nitrogen and oxygen atoms in total. The number of aromatic nitrogens is 5. The molecule has 2 aromatic rings. The second kappa shape index (κ2) is 6.18. The molecule has 2 fully saturated rings. The largest absolute Gasteiger partial charge is 0.340 e. The SMILES string of the molecule is CC(=O)N1[C@@H](Cn2cncn2)C[C@H]2CN(c3ncccn3)CC[C@H]21. The molecule has 8 heteroatoms. The Kier molecular flexibility index (Phi) is 3.87. The van der Waals surface area contributed by atoms with Crippen LogP contribution in [0.2, 0.25) is 0 Å². The topological polar surface area (TPSA) is 80.0 Å². The molecule has 4 rings (SSSR count). The zero-order valence-electron chi connectivity index (χ0n) is 13.7. The lowest BCUT2D eigenvalue weighted by atomic mass is 9.92. The van der Waals surface area contributed by atoms with Gasteiger partial charge in [0.15, 0.2) is 0 Å². The van der Waals surface area contributed by atoms with E-state index in [0.717, 1.165) is 31.9 Å². The number of carbonyl (C=O) groups excluding carboxylic acids is 1. The van der Waals surface area contributed by atoms with Crippen molar-refractivity contribution in [3.8, 4) is 0 Å². The summed E-state index contributed by atoms with van der Waals surface area (Å²) in [5.74, 6) is 1.38. The van der Waals surface area contributed by atoms with E-state index in [4.69, 9.17) is 0 Å². The second-order valence-electron chi connectivity index (χ2n) is 6.54. The predicted molar refractivity (Wildman–Crippen MR) is 87.1 cm³/mol. The van der Waals surface area contributed by atoms with Crippen LogP contribution in [0.15, 0.2) is 31.1 Å². The fourth-order valence-corrected chi connectivity index (χ4v) is 4.18. The smallest absolute Gasteiger partial charge is 0.225 e. The summed E-state index contributed by atoms with van der Waals surface area (Å²) in [6, 6.07) is 2.31. The summed E-state index contributed by atoms with van der Waals surface area (Å²) in [7, 11) is 0. The van der Waals surface area contributed by atoms with E-state index in [1.807, 2.05) is 10.7 Å². The summed E-state index contributed by atoms with van der Waals surface area (Å²) in [4.78, 5) is 29.3. The van der Waals surface area contributed by atoms with Gasteiger partial charge in [-0.25, -0.2) is 15.0 Å². The third kappa shape index (κ3) is 2.72. The van der Waals surface area contributed by atoms with Gasteiger partial charge in [0.25, 0.3) is 0 Å². The van der Waals surface area contributed by atoms with Crippen LogP contribution in [0.4, 0.5) is 5.95 Å². The van der Waals surface area contributed by atoms with Crippen molar-refractivity contribution in [1.29, 1.82) is 0 Å². The molecule has 0 spiro atoms. The highest BCUT2D eigenvalue weighted by molar-refractivity contribution is 5.74. The molecule has 0 saturated carbocycles. The molecule has 0 N–H and O–H groups in total. The number of hydrogen-bond acceptors (Lipinski definition) is 6. The van der Waals surface area contributed by atoms with E-state index in [1.54, 1.807) is 25.6 Å². The van der Waals surface area contributed by atoms with Gasteiger partial charge in [0.05, 0.1) is 12.6 Å². The molecule has 0 aromatic carbocycles. The summed E-state index contributed by atoms with van der Waals surface area (Å²) in [6.45, 7) is 4.15. The number of likely N-dealkylation sites (tertiary alicyclic amines) is 1. The number of piperidine rings is 1. The molecule has 4 heterocycles. The van der Waals surface area contributed by atoms with Crippen LogP contribution in [0.5, 0.6) is 0 Å². The van der Waals surface area contributed by atoms with Gasteiger partial charge >= 0.3 is 0 Å². The van der Waals surface area contributed by atoms with Crippen molar-refractivity contribution < 1.29 is 4.79 Å². The Bertz CT molecular complexity index is 690. The van der Waals surface area contributed by atoms with Gasteiger partial charge in [0.2, 0.25) is 11.9 Å². The van der Waals surface area contributed by atoms with Crippen molar-refractivity contribution in [2.45, 2.75) is 38.4 Å². The minimum absolute atomic E-state index is 0.150. The van der Waals surface area contributed by atoms with Crippen molar-refractivity contribution in [2.24, 2.45) is 5.92 Å². The lowest BCUT2D eigenvalue weighted by molar-refractivity contribution is -0.132. The summed E-state index contributed by atoms with van der Waals surface area (Å²) < 4.78 is 1.82. The molecule has 2 aliphatic rings. The lowest BCUT2D eigenvalue weighted by Crippen LogP contribution is -2.49. The van der Waals surface area contributed by atoms with Crippen molar-refractivity contribution >= 4 is 11.9 Å². The van der Waals surface area contributed by atoms with Gasteiger partial charge in [-0.1, -0.05) is 0 Å². The number of rotatable bonds is 3. The Morgan fingerprint density at radius 3 is 2.88 bits per heavy atom. The van der Waals surface area contributed by atoms with Crippen LogP contribution >= 0.6 is 0 Å². The highest BCUT2D eigenvalue weighted by atomic mass is 16.2. The third-order valence-electron chi connectivity index (χ3n) is 5.08. The zero-order chi connectivity index (χ0) is 16.5. The average Bonchev–Trinajstić information content (AvgIpc) is 3.22. The van der Waals surface area contributed by atoms with Crippen molar-refractivity contribution in [3.63, 3.8) is 0 Å². The van der Waals surface area contributed by atoms with E-state index in [0.29, 0.717) is 18.5 Å². The van der Waals surface area contributed by atoms with E-state index in [1.165, 1.54) is 6.33 Å².